The van der Waals surface area contributed by atoms with Crippen LogP contribution in [0.4, 0.5) is 5.69 Å². The number of aromatic nitrogens is 7. The Morgan fingerprint density at radius 1 is 0.917 bits per heavy atom. The third-order valence-electron chi connectivity index (χ3n) is 8.65. The highest BCUT2D eigenvalue weighted by molar-refractivity contribution is 5.87. The number of benzene rings is 3. The lowest BCUT2D eigenvalue weighted by Crippen LogP contribution is -2.44. The first-order valence-corrected chi connectivity index (χ1v) is 16.4. The Kier molecular flexibility index (Phi) is 9.29. The van der Waals surface area contributed by atoms with Crippen LogP contribution in [0.2, 0.25) is 0 Å². The smallest absolute Gasteiger partial charge is 0.220 e. The molecule has 3 aromatic carbocycles. The van der Waals surface area contributed by atoms with Crippen LogP contribution >= 0.6 is 0 Å². The van der Waals surface area contributed by atoms with Crippen LogP contribution in [0.15, 0.2) is 66.9 Å². The number of nitrogens with one attached hydrogen (secondary N) is 3. The molecule has 1 saturated heterocycles. The number of aromatic amines is 2. The van der Waals surface area contributed by atoms with E-state index in [0.29, 0.717) is 38.2 Å². The molecule has 0 bridgehead atoms. The van der Waals surface area contributed by atoms with Crippen LogP contribution in [-0.4, -0.2) is 97.2 Å². The zero-order valence-corrected chi connectivity index (χ0v) is 27.0. The number of piperazine rings is 1. The van der Waals surface area contributed by atoms with E-state index in [1.54, 1.807) is 10.9 Å². The molecule has 1 aliphatic rings. The molecule has 6 aromatic rings. The molecule has 0 spiro atoms. The van der Waals surface area contributed by atoms with Gasteiger partial charge in [-0.25, -0.2) is 9.97 Å². The largest absolute Gasteiger partial charge is 0.494 e. The third kappa shape index (κ3) is 7.32. The van der Waals surface area contributed by atoms with Crippen LogP contribution < -0.4 is 15.0 Å². The van der Waals surface area contributed by atoms with Crippen LogP contribution in [0.3, 0.4) is 0 Å². The topological polar surface area (TPSA) is 153 Å². The molecule has 0 aliphatic carbocycles. The number of hydrogen-bond acceptors (Lipinski definition) is 9. The molecular formula is C35H40N10O3. The molecule has 3 aromatic heterocycles. The summed E-state index contributed by atoms with van der Waals surface area (Å²) in [4.78, 5) is 33.7. The molecule has 4 N–H and O–H groups in total. The number of rotatable bonds is 13. The number of H-pyrrole nitrogens is 2. The van der Waals surface area contributed by atoms with Crippen molar-refractivity contribution in [2.24, 2.45) is 0 Å². The molecule has 248 valence electrons. The highest BCUT2D eigenvalue weighted by Crippen LogP contribution is 2.29. The first kappa shape index (κ1) is 31.3. The van der Waals surface area contributed by atoms with Gasteiger partial charge in [0.2, 0.25) is 5.91 Å². The van der Waals surface area contributed by atoms with Crippen LogP contribution in [0, 0.1) is 0 Å². The Labute approximate surface area is 277 Å². The lowest BCUT2D eigenvalue weighted by atomic mass is 10.2. The fraction of sp³-hybridized carbons (Fsp3) is 0.343. The van der Waals surface area contributed by atoms with Crippen molar-refractivity contribution in [2.75, 3.05) is 51.3 Å². The molecule has 1 aliphatic heterocycles. The minimum Gasteiger partial charge on any atom is -0.494 e. The van der Waals surface area contributed by atoms with Crippen molar-refractivity contribution in [1.82, 2.24) is 45.1 Å². The number of imidazole rings is 2. The number of anilines is 1. The van der Waals surface area contributed by atoms with Crippen molar-refractivity contribution in [3.8, 4) is 28.5 Å². The number of fused-ring (bicyclic) bond motifs is 2. The Morgan fingerprint density at radius 3 is 2.44 bits per heavy atom. The zero-order valence-electron chi connectivity index (χ0n) is 27.0. The molecule has 1 fully saturated rings. The van der Waals surface area contributed by atoms with E-state index in [-0.39, 0.29) is 12.5 Å². The fourth-order valence-electron chi connectivity index (χ4n) is 5.92. The molecule has 7 rings (SSSR count). The van der Waals surface area contributed by atoms with Crippen molar-refractivity contribution >= 4 is 33.7 Å². The summed E-state index contributed by atoms with van der Waals surface area (Å²) in [6.07, 6.45) is 3.41. The number of aliphatic hydroxyl groups excluding tert-OH is 1. The van der Waals surface area contributed by atoms with Gasteiger partial charge in [0.25, 0.3) is 0 Å². The van der Waals surface area contributed by atoms with E-state index >= 15 is 0 Å². The lowest BCUT2D eigenvalue weighted by Gasteiger charge is -2.34. The molecule has 4 heterocycles. The van der Waals surface area contributed by atoms with E-state index in [1.807, 2.05) is 36.4 Å². The van der Waals surface area contributed by atoms with Crippen LogP contribution in [0.25, 0.3) is 44.8 Å². The predicted molar refractivity (Wildman–Crippen MR) is 185 cm³/mol. The average molecular weight is 649 g/mol. The van der Waals surface area contributed by atoms with Gasteiger partial charge in [-0.2, -0.15) is 0 Å². The summed E-state index contributed by atoms with van der Waals surface area (Å²) >= 11 is 0. The van der Waals surface area contributed by atoms with E-state index in [9.17, 15) is 4.79 Å². The van der Waals surface area contributed by atoms with Crippen LogP contribution in [0.5, 0.6) is 5.75 Å². The number of ether oxygens (including phenoxy) is 1. The second-order valence-corrected chi connectivity index (χ2v) is 12.2. The van der Waals surface area contributed by atoms with E-state index in [2.05, 4.69) is 66.7 Å². The van der Waals surface area contributed by atoms with Crippen molar-refractivity contribution in [1.29, 1.82) is 0 Å². The van der Waals surface area contributed by atoms with Crippen molar-refractivity contribution in [3.05, 3.63) is 72.6 Å². The molecule has 13 heteroatoms. The molecule has 13 nitrogen and oxygen atoms in total. The summed E-state index contributed by atoms with van der Waals surface area (Å²) in [6.45, 7) is 5.66. The Balaban J connectivity index is 0.925. The Bertz CT molecular complexity index is 2010. The van der Waals surface area contributed by atoms with Crippen LogP contribution in [0.1, 0.15) is 25.0 Å². The second kappa shape index (κ2) is 14.2. The number of likely N-dealkylation sites (N-methyl/N-ethyl adjacent to an activating group) is 1. The van der Waals surface area contributed by atoms with Gasteiger partial charge in [-0.15, -0.1) is 5.10 Å². The molecule has 48 heavy (non-hydrogen) atoms. The summed E-state index contributed by atoms with van der Waals surface area (Å²) in [5, 5.41) is 19.8. The van der Waals surface area contributed by atoms with Crippen molar-refractivity contribution in [2.45, 2.75) is 32.4 Å². The maximum atomic E-state index is 12.2. The molecule has 0 radical (unpaired) electrons. The Morgan fingerprint density at radius 2 is 1.67 bits per heavy atom. The number of carbonyl (C=O) groups is 1. The van der Waals surface area contributed by atoms with Gasteiger partial charge in [0.15, 0.2) is 0 Å². The number of nitrogens with zero attached hydrogens (tertiary/aromatic N) is 7. The summed E-state index contributed by atoms with van der Waals surface area (Å²) < 4.78 is 7.63. The standard InChI is InChI=1S/C35H40N10O3/c1-43-14-16-44(17-15-43)27-9-11-30-32(21-27)40-35(38-30)25-8-10-29-31(20-25)39-34(37-29)24-5-2-6-28(19-24)48-18-3-7-33(47)36-12-4-13-45-22-26(23-46)41-42-45/h2,5-6,8-11,19-22,46H,3-4,7,12-18,23H2,1H3,(H,36,47)(H,37,39)(H,38,40). The van der Waals surface area contributed by atoms with E-state index in [4.69, 9.17) is 19.8 Å². The first-order valence-electron chi connectivity index (χ1n) is 16.4. The first-order chi connectivity index (χ1) is 23.5. The normalized spacial score (nSPS) is 13.8. The minimum absolute atomic E-state index is 0.0123. The summed E-state index contributed by atoms with van der Waals surface area (Å²) in [5.41, 5.74) is 7.44. The fourth-order valence-corrected chi connectivity index (χ4v) is 5.92. The third-order valence-corrected chi connectivity index (χ3v) is 8.65. The van der Waals surface area contributed by atoms with Gasteiger partial charge in [-0.3, -0.25) is 9.48 Å². The highest BCUT2D eigenvalue weighted by atomic mass is 16.5. The SMILES string of the molecule is CN1CCN(c2ccc3nc(-c4ccc5nc(-c6cccc(OCCCC(=O)NCCCn7cc(CO)nn7)c6)[nH]c5c4)[nH]c3c2)CC1. The van der Waals surface area contributed by atoms with Gasteiger partial charge >= 0.3 is 0 Å². The Hall–Kier alpha value is -5.27. The highest BCUT2D eigenvalue weighted by Gasteiger charge is 2.16. The number of hydrogen-bond donors (Lipinski definition) is 4. The maximum Gasteiger partial charge on any atom is 0.220 e. The maximum absolute atomic E-state index is 12.2. The van der Waals surface area contributed by atoms with Gasteiger partial charge in [0.05, 0.1) is 41.5 Å². The monoisotopic (exact) mass is 648 g/mol. The van der Waals surface area contributed by atoms with E-state index in [0.717, 1.165) is 83.2 Å². The molecule has 1 amide bonds. The van der Waals surface area contributed by atoms with Crippen molar-refractivity contribution in [3.63, 3.8) is 0 Å². The summed E-state index contributed by atoms with van der Waals surface area (Å²) in [7, 11) is 2.17. The summed E-state index contributed by atoms with van der Waals surface area (Å²) in [6, 6.07) is 20.4. The minimum atomic E-state index is -0.131. The number of aryl methyl sites for hydroxylation is 1. The lowest BCUT2D eigenvalue weighted by molar-refractivity contribution is -0.121. The van der Waals surface area contributed by atoms with Gasteiger partial charge < -0.3 is 34.9 Å². The van der Waals surface area contributed by atoms with Crippen molar-refractivity contribution < 1.29 is 14.6 Å². The summed E-state index contributed by atoms with van der Waals surface area (Å²) in [5.74, 6) is 2.29. The predicted octanol–water partition coefficient (Wildman–Crippen LogP) is 3.97. The van der Waals surface area contributed by atoms with Gasteiger partial charge in [-0.05, 0) is 68.4 Å². The quantitative estimate of drug-likeness (QED) is 0.136. The van der Waals surface area contributed by atoms with Gasteiger partial charge in [-0.1, -0.05) is 17.3 Å². The van der Waals surface area contributed by atoms with E-state index in [1.165, 1.54) is 5.69 Å². The molecule has 0 saturated carbocycles. The van der Waals surface area contributed by atoms with E-state index < -0.39 is 0 Å². The molecule has 0 atom stereocenters. The number of carbonyl (C=O) groups excluding carboxylic acids is 1. The van der Waals surface area contributed by atoms with Gasteiger partial charge in [0, 0.05) is 62.5 Å². The average Bonchev–Trinajstić information content (AvgIpc) is 3.87. The molecule has 0 unspecified atom stereocenters. The number of aliphatic hydroxyl groups is 1. The zero-order chi connectivity index (χ0) is 32.9. The van der Waals surface area contributed by atoms with Gasteiger partial charge in [0.1, 0.15) is 23.1 Å². The second-order valence-electron chi connectivity index (χ2n) is 12.2. The number of amides is 1. The molecular weight excluding hydrogens is 608 g/mol. The van der Waals surface area contributed by atoms with Crippen LogP contribution in [-0.2, 0) is 17.9 Å².